The van der Waals surface area contributed by atoms with Crippen molar-refractivity contribution in [2.45, 2.75) is 37.7 Å². The third-order valence-electron chi connectivity index (χ3n) is 5.85. The summed E-state index contributed by atoms with van der Waals surface area (Å²) < 4.78 is 11.9. The first-order chi connectivity index (χ1) is 14.3. The molecule has 0 atom stereocenters. The van der Waals surface area contributed by atoms with Crippen LogP contribution >= 0.6 is 11.3 Å². The van der Waals surface area contributed by atoms with Gasteiger partial charge in [0.1, 0.15) is 17.7 Å². The number of anilines is 1. The lowest BCUT2D eigenvalue weighted by molar-refractivity contribution is 0.122. The van der Waals surface area contributed by atoms with Gasteiger partial charge in [0.25, 0.3) is 0 Å². The van der Waals surface area contributed by atoms with Crippen LogP contribution in [0, 0.1) is 0 Å². The van der Waals surface area contributed by atoms with Crippen LogP contribution in [-0.4, -0.2) is 47.5 Å². The Labute approximate surface area is 174 Å². The van der Waals surface area contributed by atoms with Gasteiger partial charge >= 0.3 is 0 Å². The second-order valence-electron chi connectivity index (χ2n) is 7.75. The first-order valence-electron chi connectivity index (χ1n) is 10.3. The van der Waals surface area contributed by atoms with Crippen LogP contribution in [0.2, 0.25) is 0 Å². The summed E-state index contributed by atoms with van der Waals surface area (Å²) >= 11 is 1.85. The number of pyridine rings is 2. The number of aromatic hydroxyl groups is 1. The summed E-state index contributed by atoms with van der Waals surface area (Å²) in [5.41, 5.74) is 0.793. The molecule has 2 fully saturated rings. The Morgan fingerprint density at radius 1 is 1.14 bits per heavy atom. The fourth-order valence-corrected chi connectivity index (χ4v) is 5.16. The van der Waals surface area contributed by atoms with E-state index in [1.54, 1.807) is 6.07 Å². The number of hydrogen-bond acceptors (Lipinski definition) is 7. The van der Waals surface area contributed by atoms with Crippen molar-refractivity contribution in [3.8, 4) is 11.6 Å². The van der Waals surface area contributed by atoms with Crippen LogP contribution < -0.4 is 9.64 Å². The molecule has 0 amide bonds. The Bertz CT molecular complexity index is 965. The highest BCUT2D eigenvalue weighted by atomic mass is 32.1. The average molecular weight is 412 g/mol. The molecule has 5 rings (SSSR count). The molecule has 0 aromatic carbocycles. The molecule has 0 spiro atoms. The second kappa shape index (κ2) is 8.16. The molecule has 3 aromatic heterocycles. The molecule has 3 aromatic rings. The van der Waals surface area contributed by atoms with Crippen molar-refractivity contribution < 1.29 is 14.6 Å². The van der Waals surface area contributed by atoms with Crippen molar-refractivity contribution in [1.82, 2.24) is 9.97 Å². The minimum Gasteiger partial charge on any atom is -0.506 e. The van der Waals surface area contributed by atoms with Gasteiger partial charge in [0.05, 0.1) is 30.3 Å². The van der Waals surface area contributed by atoms with E-state index < -0.39 is 0 Å². The number of nitrogens with zero attached hydrogens (tertiary/aromatic N) is 3. The van der Waals surface area contributed by atoms with Crippen molar-refractivity contribution in [3.05, 3.63) is 40.7 Å². The van der Waals surface area contributed by atoms with E-state index in [9.17, 15) is 5.11 Å². The fourth-order valence-electron chi connectivity index (χ4n) is 4.26. The zero-order chi connectivity index (χ0) is 19.6. The summed E-state index contributed by atoms with van der Waals surface area (Å²) in [6.45, 7) is 3.02. The van der Waals surface area contributed by atoms with Crippen molar-refractivity contribution in [3.63, 3.8) is 0 Å². The van der Waals surface area contributed by atoms with Gasteiger partial charge in [-0.2, -0.15) is 4.98 Å². The molecule has 2 aliphatic rings. The predicted molar refractivity (Wildman–Crippen MR) is 114 cm³/mol. The average Bonchev–Trinajstić information content (AvgIpc) is 3.30. The molecule has 1 aliphatic heterocycles. The van der Waals surface area contributed by atoms with E-state index in [0.29, 0.717) is 25.0 Å². The number of hydrogen-bond donors (Lipinski definition) is 1. The van der Waals surface area contributed by atoms with Crippen LogP contribution in [0.3, 0.4) is 0 Å². The van der Waals surface area contributed by atoms with Crippen LogP contribution in [-0.2, 0) is 4.74 Å². The standard InChI is InChI=1S/C22H25N3O3S/c26-16-12-18-19(23-14-16)13-21(25-7-9-27-10-8-25)24-22(18)28-17-5-3-15(4-6-17)20-2-1-11-29-20/h1-2,11-15,17,26H,3-10H2. The van der Waals surface area contributed by atoms with Crippen LogP contribution in [0.5, 0.6) is 11.6 Å². The SMILES string of the molecule is Oc1cnc2cc(N3CCOCC3)nc(OC3CCC(c4cccs4)CC3)c2c1. The lowest BCUT2D eigenvalue weighted by Gasteiger charge is -2.30. The Hall–Kier alpha value is -2.38. The highest BCUT2D eigenvalue weighted by Gasteiger charge is 2.26. The summed E-state index contributed by atoms with van der Waals surface area (Å²) in [7, 11) is 0. The van der Waals surface area contributed by atoms with Gasteiger partial charge in [0.15, 0.2) is 0 Å². The topological polar surface area (TPSA) is 67.7 Å². The van der Waals surface area contributed by atoms with E-state index in [4.69, 9.17) is 14.5 Å². The van der Waals surface area contributed by atoms with E-state index in [2.05, 4.69) is 27.4 Å². The van der Waals surface area contributed by atoms with Crippen LogP contribution in [0.15, 0.2) is 35.8 Å². The third-order valence-corrected chi connectivity index (χ3v) is 6.88. The van der Waals surface area contributed by atoms with E-state index in [1.165, 1.54) is 11.1 Å². The molecule has 7 heteroatoms. The van der Waals surface area contributed by atoms with Gasteiger partial charge < -0.3 is 19.5 Å². The summed E-state index contributed by atoms with van der Waals surface area (Å²) in [6, 6.07) is 8.05. The molecule has 0 bridgehead atoms. The predicted octanol–water partition coefficient (Wildman–Crippen LogP) is 4.34. The molecular formula is C22H25N3O3S. The lowest BCUT2D eigenvalue weighted by atomic mass is 9.86. The number of thiophene rings is 1. The zero-order valence-corrected chi connectivity index (χ0v) is 17.1. The molecule has 1 N–H and O–H groups in total. The molecule has 1 saturated carbocycles. The highest BCUT2D eigenvalue weighted by molar-refractivity contribution is 7.10. The lowest BCUT2D eigenvalue weighted by Crippen LogP contribution is -2.36. The number of rotatable bonds is 4. The molecule has 29 heavy (non-hydrogen) atoms. The normalized spacial score (nSPS) is 22.7. The van der Waals surface area contributed by atoms with Crippen LogP contribution in [0.1, 0.15) is 36.5 Å². The first-order valence-corrected chi connectivity index (χ1v) is 11.2. The van der Waals surface area contributed by atoms with Crippen LogP contribution in [0.25, 0.3) is 10.9 Å². The van der Waals surface area contributed by atoms with Gasteiger partial charge in [0.2, 0.25) is 5.88 Å². The van der Waals surface area contributed by atoms with E-state index in [0.717, 1.165) is 55.5 Å². The largest absolute Gasteiger partial charge is 0.506 e. The van der Waals surface area contributed by atoms with Crippen molar-refractivity contribution in [2.75, 3.05) is 31.2 Å². The third kappa shape index (κ3) is 4.02. The monoisotopic (exact) mass is 411 g/mol. The second-order valence-corrected chi connectivity index (χ2v) is 8.73. The maximum atomic E-state index is 9.95. The molecular weight excluding hydrogens is 386 g/mol. The molecule has 152 valence electrons. The highest BCUT2D eigenvalue weighted by Crippen LogP contribution is 2.38. The molecule has 0 radical (unpaired) electrons. The van der Waals surface area contributed by atoms with Gasteiger partial charge in [0, 0.05) is 24.0 Å². The first kappa shape index (κ1) is 18.6. The quantitative estimate of drug-likeness (QED) is 0.689. The van der Waals surface area contributed by atoms with Gasteiger partial charge in [-0.1, -0.05) is 6.07 Å². The van der Waals surface area contributed by atoms with Crippen LogP contribution in [0.4, 0.5) is 5.82 Å². The van der Waals surface area contributed by atoms with E-state index in [-0.39, 0.29) is 11.9 Å². The number of morpholine rings is 1. The van der Waals surface area contributed by atoms with Crippen molar-refractivity contribution in [1.29, 1.82) is 0 Å². The Morgan fingerprint density at radius 3 is 2.72 bits per heavy atom. The Morgan fingerprint density at radius 2 is 1.97 bits per heavy atom. The van der Waals surface area contributed by atoms with Gasteiger partial charge in [-0.25, -0.2) is 0 Å². The molecule has 4 heterocycles. The smallest absolute Gasteiger partial charge is 0.225 e. The summed E-state index contributed by atoms with van der Waals surface area (Å²) in [5, 5.41) is 12.9. The van der Waals surface area contributed by atoms with Gasteiger partial charge in [-0.3, -0.25) is 4.98 Å². The number of ether oxygens (including phenoxy) is 2. The summed E-state index contributed by atoms with van der Waals surface area (Å²) in [5.74, 6) is 2.21. The molecule has 6 nitrogen and oxygen atoms in total. The Balaban J connectivity index is 1.38. The molecule has 1 aliphatic carbocycles. The van der Waals surface area contributed by atoms with Crippen molar-refractivity contribution >= 4 is 28.1 Å². The zero-order valence-electron chi connectivity index (χ0n) is 16.3. The summed E-state index contributed by atoms with van der Waals surface area (Å²) in [4.78, 5) is 12.9. The molecule has 1 saturated heterocycles. The summed E-state index contributed by atoms with van der Waals surface area (Å²) in [6.07, 6.45) is 5.91. The van der Waals surface area contributed by atoms with Gasteiger partial charge in [-0.15, -0.1) is 11.3 Å². The van der Waals surface area contributed by atoms with Gasteiger partial charge in [-0.05, 0) is 49.1 Å². The minimum atomic E-state index is 0.129. The molecule has 0 unspecified atom stereocenters. The van der Waals surface area contributed by atoms with E-state index in [1.807, 2.05) is 17.4 Å². The Kier molecular flexibility index (Phi) is 5.24. The van der Waals surface area contributed by atoms with Crippen molar-refractivity contribution in [2.24, 2.45) is 0 Å². The maximum Gasteiger partial charge on any atom is 0.225 e. The number of fused-ring (bicyclic) bond motifs is 1. The fraction of sp³-hybridized carbons (Fsp3) is 0.455. The minimum absolute atomic E-state index is 0.129. The number of aromatic nitrogens is 2. The maximum absolute atomic E-state index is 9.95. The van der Waals surface area contributed by atoms with E-state index >= 15 is 0 Å².